The lowest BCUT2D eigenvalue weighted by Crippen LogP contribution is -2.47. The highest BCUT2D eigenvalue weighted by atomic mass is 16.1. The minimum atomic E-state index is 0.425. The lowest BCUT2D eigenvalue weighted by molar-refractivity contribution is -0.894. The SMILES string of the molecule is C=CC[N+](C)(CC)CC(=O)CCCCCCCCCCCCCCC. The molecular weight excluding hydrogens is 306 g/mol. The number of quaternary nitrogens is 1. The van der Waals surface area contributed by atoms with Gasteiger partial charge in [0.05, 0.1) is 20.1 Å². The van der Waals surface area contributed by atoms with E-state index >= 15 is 0 Å². The molecule has 0 bridgehead atoms. The van der Waals surface area contributed by atoms with E-state index < -0.39 is 0 Å². The Morgan fingerprint density at radius 3 is 1.64 bits per heavy atom. The number of carbonyl (C=O) groups excluding carboxylic acids is 1. The van der Waals surface area contributed by atoms with Crippen LogP contribution in [0.25, 0.3) is 0 Å². The number of nitrogens with zero attached hydrogens (tertiary/aromatic N) is 1. The molecule has 148 valence electrons. The molecule has 0 fully saturated rings. The van der Waals surface area contributed by atoms with E-state index in [2.05, 4.69) is 27.5 Å². The summed E-state index contributed by atoms with van der Waals surface area (Å²) in [6, 6.07) is 0. The van der Waals surface area contributed by atoms with Gasteiger partial charge in [0, 0.05) is 6.42 Å². The molecule has 0 aromatic carbocycles. The third-order valence-electron chi connectivity index (χ3n) is 5.45. The molecule has 0 saturated heterocycles. The topological polar surface area (TPSA) is 17.1 Å². The van der Waals surface area contributed by atoms with Crippen molar-refractivity contribution in [2.45, 2.75) is 104 Å². The summed E-state index contributed by atoms with van der Waals surface area (Å²) in [5.41, 5.74) is 0. The molecule has 0 aliphatic heterocycles. The van der Waals surface area contributed by atoms with Crippen molar-refractivity contribution in [3.63, 3.8) is 0 Å². The maximum atomic E-state index is 12.1. The van der Waals surface area contributed by atoms with Gasteiger partial charge in [-0.1, -0.05) is 90.6 Å². The van der Waals surface area contributed by atoms with Crippen LogP contribution in [-0.2, 0) is 4.79 Å². The van der Waals surface area contributed by atoms with Gasteiger partial charge >= 0.3 is 0 Å². The minimum absolute atomic E-state index is 0.425. The quantitative estimate of drug-likeness (QED) is 0.144. The predicted octanol–water partition coefficient (Wildman–Crippen LogP) is 6.69. The van der Waals surface area contributed by atoms with Gasteiger partial charge in [0.15, 0.2) is 5.78 Å². The summed E-state index contributed by atoms with van der Waals surface area (Å²) in [5.74, 6) is 0.425. The summed E-state index contributed by atoms with van der Waals surface area (Å²) in [4.78, 5) is 12.1. The molecule has 0 rings (SSSR count). The molecule has 0 aliphatic rings. The average molecular weight is 353 g/mol. The van der Waals surface area contributed by atoms with Gasteiger partial charge in [-0.2, -0.15) is 0 Å². The van der Waals surface area contributed by atoms with E-state index in [1.807, 2.05) is 6.08 Å². The van der Waals surface area contributed by atoms with Crippen LogP contribution in [-0.4, -0.2) is 36.9 Å². The highest BCUT2D eigenvalue weighted by Gasteiger charge is 2.21. The van der Waals surface area contributed by atoms with Gasteiger partial charge in [-0.3, -0.25) is 4.79 Å². The van der Waals surface area contributed by atoms with E-state index in [4.69, 9.17) is 0 Å². The van der Waals surface area contributed by atoms with Crippen LogP contribution >= 0.6 is 0 Å². The van der Waals surface area contributed by atoms with Crippen LogP contribution < -0.4 is 0 Å². The number of ketones is 1. The number of Topliss-reactive ketones (excluding diaryl/α,β-unsaturated/α-hetero) is 1. The smallest absolute Gasteiger partial charge is 0.186 e. The molecule has 2 nitrogen and oxygen atoms in total. The molecule has 1 atom stereocenters. The Morgan fingerprint density at radius 2 is 1.24 bits per heavy atom. The van der Waals surface area contributed by atoms with Crippen LogP contribution in [0.1, 0.15) is 104 Å². The molecule has 25 heavy (non-hydrogen) atoms. The lowest BCUT2D eigenvalue weighted by Gasteiger charge is -2.31. The molecular formula is C23H46NO+. The van der Waals surface area contributed by atoms with Gasteiger partial charge in [0.2, 0.25) is 0 Å². The Morgan fingerprint density at radius 1 is 0.800 bits per heavy atom. The van der Waals surface area contributed by atoms with E-state index in [0.717, 1.165) is 30.4 Å². The highest BCUT2D eigenvalue weighted by Crippen LogP contribution is 2.13. The molecule has 0 saturated carbocycles. The van der Waals surface area contributed by atoms with Gasteiger partial charge in [-0.05, 0) is 19.4 Å². The third-order valence-corrected chi connectivity index (χ3v) is 5.45. The van der Waals surface area contributed by atoms with Gasteiger partial charge < -0.3 is 4.48 Å². The van der Waals surface area contributed by atoms with Gasteiger partial charge in [0.1, 0.15) is 6.54 Å². The molecule has 0 aliphatic carbocycles. The number of hydrogen-bond acceptors (Lipinski definition) is 1. The second kappa shape index (κ2) is 16.8. The van der Waals surface area contributed by atoms with Crippen LogP contribution in [0.5, 0.6) is 0 Å². The Balaban J connectivity index is 3.40. The van der Waals surface area contributed by atoms with Gasteiger partial charge in [0.25, 0.3) is 0 Å². The molecule has 1 unspecified atom stereocenters. The maximum absolute atomic E-state index is 12.1. The first kappa shape index (κ1) is 24.4. The Labute approximate surface area is 158 Å². The average Bonchev–Trinajstić information content (AvgIpc) is 2.59. The van der Waals surface area contributed by atoms with Crippen LogP contribution in [0.3, 0.4) is 0 Å². The molecule has 0 radical (unpaired) electrons. The monoisotopic (exact) mass is 352 g/mol. The number of likely N-dealkylation sites (N-methyl/N-ethyl adjacent to an activating group) is 1. The predicted molar refractivity (Wildman–Crippen MR) is 112 cm³/mol. The summed E-state index contributed by atoms with van der Waals surface area (Å²) in [7, 11) is 2.16. The molecule has 0 N–H and O–H groups in total. The van der Waals surface area contributed by atoms with E-state index in [1.165, 1.54) is 77.0 Å². The highest BCUT2D eigenvalue weighted by molar-refractivity contribution is 5.79. The van der Waals surface area contributed by atoms with Crippen LogP contribution in [0.2, 0.25) is 0 Å². The molecule has 0 aromatic rings. The molecule has 0 spiro atoms. The normalized spacial score (nSPS) is 13.6. The Bertz CT molecular complexity index is 326. The first-order chi connectivity index (χ1) is 12.1. The van der Waals surface area contributed by atoms with Crippen molar-refractivity contribution in [1.82, 2.24) is 0 Å². The minimum Gasteiger partial charge on any atom is -0.317 e. The lowest BCUT2D eigenvalue weighted by atomic mass is 10.0. The van der Waals surface area contributed by atoms with Gasteiger partial charge in [-0.25, -0.2) is 0 Å². The third kappa shape index (κ3) is 15.3. The van der Waals surface area contributed by atoms with Crippen molar-refractivity contribution >= 4 is 5.78 Å². The van der Waals surface area contributed by atoms with Crippen LogP contribution in [0, 0.1) is 0 Å². The van der Waals surface area contributed by atoms with E-state index in [1.54, 1.807) is 0 Å². The standard InChI is InChI=1S/C23H46NO/c1-5-8-9-10-11-12-13-14-15-16-17-18-19-20-23(25)22-24(4,7-3)21-6-2/h6H,2,5,7-22H2,1,3-4H3/q+1. The van der Waals surface area contributed by atoms with Crippen LogP contribution in [0.15, 0.2) is 12.7 Å². The fourth-order valence-electron chi connectivity index (χ4n) is 3.46. The second-order valence-electron chi connectivity index (χ2n) is 8.10. The summed E-state index contributed by atoms with van der Waals surface area (Å²) in [6.07, 6.45) is 20.3. The van der Waals surface area contributed by atoms with Crippen molar-refractivity contribution in [3.05, 3.63) is 12.7 Å². The fraction of sp³-hybridized carbons (Fsp3) is 0.870. The second-order valence-corrected chi connectivity index (χ2v) is 8.10. The fourth-order valence-corrected chi connectivity index (χ4v) is 3.46. The Hall–Kier alpha value is -0.630. The molecule has 0 heterocycles. The first-order valence-corrected chi connectivity index (χ1v) is 11.0. The zero-order valence-electron chi connectivity index (χ0n) is 17.7. The zero-order chi connectivity index (χ0) is 18.8. The Kier molecular flexibility index (Phi) is 16.4. The first-order valence-electron chi connectivity index (χ1n) is 11.0. The van der Waals surface area contributed by atoms with E-state index in [0.29, 0.717) is 12.3 Å². The molecule has 0 amide bonds. The molecule has 0 aromatic heterocycles. The van der Waals surface area contributed by atoms with Crippen LogP contribution in [0.4, 0.5) is 0 Å². The van der Waals surface area contributed by atoms with Crippen molar-refractivity contribution in [1.29, 1.82) is 0 Å². The summed E-state index contributed by atoms with van der Waals surface area (Å²) in [6.45, 7) is 10.8. The van der Waals surface area contributed by atoms with Crippen molar-refractivity contribution in [2.75, 3.05) is 26.7 Å². The number of hydrogen-bond donors (Lipinski definition) is 0. The van der Waals surface area contributed by atoms with E-state index in [-0.39, 0.29) is 0 Å². The summed E-state index contributed by atoms with van der Waals surface area (Å²) >= 11 is 0. The van der Waals surface area contributed by atoms with Crippen molar-refractivity contribution < 1.29 is 9.28 Å². The van der Waals surface area contributed by atoms with Crippen molar-refractivity contribution in [3.8, 4) is 0 Å². The largest absolute Gasteiger partial charge is 0.317 e. The maximum Gasteiger partial charge on any atom is 0.186 e. The number of carbonyl (C=O) groups is 1. The summed E-state index contributed by atoms with van der Waals surface area (Å²) < 4.78 is 0.806. The van der Waals surface area contributed by atoms with E-state index in [9.17, 15) is 4.79 Å². The number of rotatable bonds is 19. The summed E-state index contributed by atoms with van der Waals surface area (Å²) in [5, 5.41) is 0. The molecule has 2 heteroatoms. The zero-order valence-corrected chi connectivity index (χ0v) is 17.7. The number of unbranched alkanes of at least 4 members (excludes halogenated alkanes) is 12. The van der Waals surface area contributed by atoms with Gasteiger partial charge in [-0.15, -0.1) is 0 Å². The van der Waals surface area contributed by atoms with Crippen molar-refractivity contribution in [2.24, 2.45) is 0 Å².